The van der Waals surface area contributed by atoms with Gasteiger partial charge >= 0.3 is 0 Å². The van der Waals surface area contributed by atoms with Crippen molar-refractivity contribution in [2.45, 2.75) is 39.8 Å². The maximum Gasteiger partial charge on any atom is 0.123 e. The molecule has 19 heavy (non-hydrogen) atoms. The Morgan fingerprint density at radius 1 is 1.37 bits per heavy atom. The van der Waals surface area contributed by atoms with Crippen LogP contribution in [0.5, 0.6) is 5.75 Å². The third-order valence-corrected chi connectivity index (χ3v) is 2.90. The Kier molecular flexibility index (Phi) is 6.11. The Bertz CT molecular complexity index is 402. The first-order valence-corrected chi connectivity index (χ1v) is 6.96. The lowest BCUT2D eigenvalue weighted by Crippen LogP contribution is -2.35. The van der Waals surface area contributed by atoms with E-state index in [9.17, 15) is 0 Å². The van der Waals surface area contributed by atoms with Gasteiger partial charge in [0.05, 0.1) is 6.61 Å². The van der Waals surface area contributed by atoms with E-state index in [1.807, 2.05) is 25.1 Å². The Balaban J connectivity index is 2.74. The average molecular weight is 286 g/mol. The first-order chi connectivity index (χ1) is 8.81. The van der Waals surface area contributed by atoms with Gasteiger partial charge in [0, 0.05) is 35.2 Å². The van der Waals surface area contributed by atoms with Crippen LogP contribution in [0.15, 0.2) is 18.2 Å². The lowest BCUT2D eigenvalue weighted by atomic mass is 10.1. The molecule has 0 aliphatic heterocycles. The third kappa shape index (κ3) is 6.28. The molecule has 0 heterocycles. The van der Waals surface area contributed by atoms with E-state index in [1.54, 1.807) is 0 Å². The van der Waals surface area contributed by atoms with Crippen molar-refractivity contribution in [3.05, 3.63) is 28.8 Å². The summed E-state index contributed by atoms with van der Waals surface area (Å²) in [5.74, 6) is 0.945. The molecule has 1 aromatic rings. The van der Waals surface area contributed by atoms with E-state index in [4.69, 9.17) is 21.4 Å². The van der Waals surface area contributed by atoms with Gasteiger partial charge in [0.1, 0.15) is 5.75 Å². The molecule has 0 saturated heterocycles. The Morgan fingerprint density at radius 3 is 2.63 bits per heavy atom. The molecule has 0 fully saturated rings. The minimum absolute atomic E-state index is 0.0397. The molecule has 0 amide bonds. The number of aliphatic hydroxyl groups excluding tert-OH is 1. The molecule has 1 aromatic carbocycles. The molecule has 0 aromatic heterocycles. The summed E-state index contributed by atoms with van der Waals surface area (Å²) in [7, 11) is 0. The molecule has 4 heteroatoms. The second kappa shape index (κ2) is 7.13. The van der Waals surface area contributed by atoms with Crippen LogP contribution in [-0.4, -0.2) is 23.9 Å². The highest BCUT2D eigenvalue weighted by Crippen LogP contribution is 2.24. The van der Waals surface area contributed by atoms with Crippen LogP contribution in [0.25, 0.3) is 0 Å². The molecule has 2 N–H and O–H groups in total. The minimum Gasteiger partial charge on any atom is -0.493 e. The Labute approximate surface area is 120 Å². The van der Waals surface area contributed by atoms with Gasteiger partial charge in [0.25, 0.3) is 0 Å². The third-order valence-electron chi connectivity index (χ3n) is 2.67. The average Bonchev–Trinajstić information content (AvgIpc) is 2.33. The summed E-state index contributed by atoms with van der Waals surface area (Å²) in [6.45, 7) is 9.63. The van der Waals surface area contributed by atoms with Crippen molar-refractivity contribution in [3.63, 3.8) is 0 Å². The number of hydrogen-bond donors (Lipinski definition) is 2. The number of nitrogens with one attached hydrogen (secondary N) is 1. The number of benzene rings is 1. The van der Waals surface area contributed by atoms with Crippen molar-refractivity contribution in [2.75, 3.05) is 13.2 Å². The zero-order chi connectivity index (χ0) is 14.5. The van der Waals surface area contributed by atoms with Crippen molar-refractivity contribution >= 4 is 11.6 Å². The van der Waals surface area contributed by atoms with Crippen LogP contribution in [0, 0.1) is 5.92 Å². The lowest BCUT2D eigenvalue weighted by molar-refractivity contribution is 0.173. The first kappa shape index (κ1) is 16.3. The maximum absolute atomic E-state index is 9.02. The Morgan fingerprint density at radius 2 is 2.05 bits per heavy atom. The fraction of sp³-hybridized carbons (Fsp3) is 0.600. The van der Waals surface area contributed by atoms with Crippen molar-refractivity contribution in [1.29, 1.82) is 0 Å². The highest BCUT2D eigenvalue weighted by molar-refractivity contribution is 6.30. The molecule has 0 bridgehead atoms. The number of aliphatic hydroxyl groups is 1. The molecule has 0 aliphatic rings. The number of ether oxygens (including phenoxy) is 1. The summed E-state index contributed by atoms with van der Waals surface area (Å²) in [6, 6.07) is 5.62. The minimum atomic E-state index is 0.0397. The van der Waals surface area contributed by atoms with Gasteiger partial charge in [0.15, 0.2) is 0 Å². The van der Waals surface area contributed by atoms with Gasteiger partial charge in [-0.15, -0.1) is 0 Å². The van der Waals surface area contributed by atoms with Crippen LogP contribution in [0.4, 0.5) is 0 Å². The second-order valence-corrected chi connectivity index (χ2v) is 6.39. The van der Waals surface area contributed by atoms with E-state index >= 15 is 0 Å². The Hall–Kier alpha value is -0.770. The van der Waals surface area contributed by atoms with Crippen molar-refractivity contribution in [2.24, 2.45) is 5.92 Å². The van der Waals surface area contributed by atoms with Gasteiger partial charge in [-0.2, -0.15) is 0 Å². The molecule has 1 atom stereocenters. The van der Waals surface area contributed by atoms with Crippen LogP contribution >= 0.6 is 11.6 Å². The first-order valence-electron chi connectivity index (χ1n) is 6.59. The van der Waals surface area contributed by atoms with E-state index in [0.29, 0.717) is 18.2 Å². The second-order valence-electron chi connectivity index (χ2n) is 5.95. The van der Waals surface area contributed by atoms with Crippen LogP contribution in [-0.2, 0) is 6.54 Å². The van der Waals surface area contributed by atoms with Crippen LogP contribution in [0.2, 0.25) is 5.02 Å². The van der Waals surface area contributed by atoms with Crippen molar-refractivity contribution in [1.82, 2.24) is 5.32 Å². The summed E-state index contributed by atoms with van der Waals surface area (Å²) >= 11 is 6.03. The summed E-state index contributed by atoms with van der Waals surface area (Å²) in [5, 5.41) is 13.1. The van der Waals surface area contributed by atoms with Crippen LogP contribution < -0.4 is 10.1 Å². The molecule has 0 spiro atoms. The van der Waals surface area contributed by atoms with E-state index < -0.39 is 0 Å². The quantitative estimate of drug-likeness (QED) is 0.843. The molecule has 0 saturated carbocycles. The van der Waals surface area contributed by atoms with E-state index in [0.717, 1.165) is 11.3 Å². The summed E-state index contributed by atoms with van der Waals surface area (Å²) < 4.78 is 5.75. The maximum atomic E-state index is 9.02. The molecule has 1 unspecified atom stereocenters. The number of rotatable bonds is 6. The molecular weight excluding hydrogens is 262 g/mol. The molecule has 1 rings (SSSR count). The molecule has 0 radical (unpaired) electrons. The summed E-state index contributed by atoms with van der Waals surface area (Å²) in [6.07, 6.45) is 0. The predicted molar refractivity (Wildman–Crippen MR) is 79.8 cm³/mol. The monoisotopic (exact) mass is 285 g/mol. The largest absolute Gasteiger partial charge is 0.493 e. The normalized spacial score (nSPS) is 13.4. The standard InChI is InChI=1S/C15H24ClNO2/c1-11(9-18)10-19-14-6-5-13(16)7-12(14)8-17-15(2,3)4/h5-7,11,17-18H,8-10H2,1-4H3. The fourth-order valence-electron chi connectivity index (χ4n) is 1.47. The number of halogens is 1. The van der Waals surface area contributed by atoms with E-state index in [1.165, 1.54) is 0 Å². The fourth-order valence-corrected chi connectivity index (χ4v) is 1.67. The van der Waals surface area contributed by atoms with E-state index in [2.05, 4.69) is 26.1 Å². The molecule has 108 valence electrons. The lowest BCUT2D eigenvalue weighted by Gasteiger charge is -2.22. The predicted octanol–water partition coefficient (Wildman–Crippen LogP) is 3.24. The SMILES string of the molecule is CC(CO)COc1ccc(Cl)cc1CNC(C)(C)C. The molecule has 3 nitrogen and oxygen atoms in total. The van der Waals surface area contributed by atoms with Gasteiger partial charge in [-0.1, -0.05) is 18.5 Å². The van der Waals surface area contributed by atoms with Crippen LogP contribution in [0.3, 0.4) is 0 Å². The van der Waals surface area contributed by atoms with E-state index in [-0.39, 0.29) is 18.1 Å². The van der Waals surface area contributed by atoms with Gasteiger partial charge in [0.2, 0.25) is 0 Å². The highest BCUT2D eigenvalue weighted by Gasteiger charge is 2.12. The highest BCUT2D eigenvalue weighted by atomic mass is 35.5. The zero-order valence-corrected chi connectivity index (χ0v) is 12.9. The van der Waals surface area contributed by atoms with Gasteiger partial charge in [-0.25, -0.2) is 0 Å². The topological polar surface area (TPSA) is 41.5 Å². The summed E-state index contributed by atoms with van der Waals surface area (Å²) in [4.78, 5) is 0. The molecule has 0 aliphatic carbocycles. The zero-order valence-electron chi connectivity index (χ0n) is 12.2. The summed E-state index contributed by atoms with van der Waals surface area (Å²) in [5.41, 5.74) is 1.07. The van der Waals surface area contributed by atoms with Gasteiger partial charge in [-0.3, -0.25) is 0 Å². The van der Waals surface area contributed by atoms with Crippen LogP contribution in [0.1, 0.15) is 33.3 Å². The smallest absolute Gasteiger partial charge is 0.123 e. The molecular formula is C15H24ClNO2. The van der Waals surface area contributed by atoms with Gasteiger partial charge < -0.3 is 15.2 Å². The van der Waals surface area contributed by atoms with Gasteiger partial charge in [-0.05, 0) is 39.0 Å². The van der Waals surface area contributed by atoms with Crippen molar-refractivity contribution < 1.29 is 9.84 Å². The van der Waals surface area contributed by atoms with Crippen molar-refractivity contribution in [3.8, 4) is 5.75 Å². The number of hydrogen-bond acceptors (Lipinski definition) is 3.